The van der Waals surface area contributed by atoms with Crippen LogP contribution in [0.15, 0.2) is 79.6 Å². The fourth-order valence-corrected chi connectivity index (χ4v) is 2.48. The van der Waals surface area contributed by atoms with Crippen LogP contribution in [0.5, 0.6) is 11.6 Å². The van der Waals surface area contributed by atoms with Gasteiger partial charge in [0.05, 0.1) is 0 Å². The highest BCUT2D eigenvalue weighted by Gasteiger charge is 2.08. The molecule has 1 N–H and O–H groups in total. The van der Waals surface area contributed by atoms with E-state index in [-0.39, 0.29) is 5.56 Å². The average molecular weight is 375 g/mol. The number of rotatable bonds is 5. The molecule has 0 aliphatic rings. The predicted octanol–water partition coefficient (Wildman–Crippen LogP) is 3.85. The number of amides is 1. The monoisotopic (exact) mass is 375 g/mol. The molecule has 0 unspecified atom stereocenters. The van der Waals surface area contributed by atoms with Crippen molar-refractivity contribution >= 4 is 11.6 Å². The topological polar surface area (TPSA) is 81.9 Å². The lowest BCUT2D eigenvalue weighted by Crippen LogP contribution is -2.11. The molecule has 0 fully saturated rings. The molecule has 0 bridgehead atoms. The smallest absolute Gasteiger partial charge is 0.255 e. The van der Waals surface area contributed by atoms with Gasteiger partial charge in [0.15, 0.2) is 0 Å². The Morgan fingerprint density at radius 1 is 1.07 bits per heavy atom. The van der Waals surface area contributed by atoms with Crippen LogP contribution in [-0.4, -0.2) is 25.4 Å². The summed E-state index contributed by atoms with van der Waals surface area (Å²) >= 11 is 0. The Morgan fingerprint density at radius 3 is 2.68 bits per heavy atom. The molecule has 8 heteroatoms. The Morgan fingerprint density at radius 2 is 1.93 bits per heavy atom. The lowest BCUT2D eigenvalue weighted by molar-refractivity contribution is 0.102. The maximum atomic E-state index is 13.2. The van der Waals surface area contributed by atoms with Crippen LogP contribution in [0.3, 0.4) is 0 Å². The van der Waals surface area contributed by atoms with Gasteiger partial charge >= 0.3 is 0 Å². The Bertz CT molecular complexity index is 1100. The molecule has 2 heterocycles. The first kappa shape index (κ1) is 17.3. The predicted molar refractivity (Wildman–Crippen MR) is 100 cm³/mol. The number of carbonyl (C=O) groups is 1. The number of imidazole rings is 1. The number of nitrogens with one attached hydrogen (secondary N) is 1. The van der Waals surface area contributed by atoms with Gasteiger partial charge in [0.1, 0.15) is 30.0 Å². The van der Waals surface area contributed by atoms with Gasteiger partial charge in [0, 0.05) is 29.7 Å². The van der Waals surface area contributed by atoms with Crippen LogP contribution >= 0.6 is 0 Å². The van der Waals surface area contributed by atoms with Crippen molar-refractivity contribution in [3.63, 3.8) is 0 Å². The van der Waals surface area contributed by atoms with Gasteiger partial charge in [-0.05, 0) is 42.5 Å². The van der Waals surface area contributed by atoms with Crippen molar-refractivity contribution in [3.8, 4) is 17.4 Å². The van der Waals surface area contributed by atoms with Crippen LogP contribution in [0.4, 0.5) is 10.1 Å². The number of nitrogens with zero attached hydrogens (tertiary/aromatic N) is 4. The van der Waals surface area contributed by atoms with E-state index in [0.29, 0.717) is 23.1 Å². The molecule has 0 atom stereocenters. The summed E-state index contributed by atoms with van der Waals surface area (Å²) in [6.07, 6.45) is 6.45. The largest absolute Gasteiger partial charge is 0.439 e. The van der Waals surface area contributed by atoms with Crippen molar-refractivity contribution < 1.29 is 13.9 Å². The minimum Gasteiger partial charge on any atom is -0.439 e. The van der Waals surface area contributed by atoms with Crippen molar-refractivity contribution in [2.24, 2.45) is 0 Å². The summed E-state index contributed by atoms with van der Waals surface area (Å²) in [4.78, 5) is 24.4. The van der Waals surface area contributed by atoms with Gasteiger partial charge in [-0.2, -0.15) is 0 Å². The first-order valence-corrected chi connectivity index (χ1v) is 8.32. The average Bonchev–Trinajstić information content (AvgIpc) is 3.25. The van der Waals surface area contributed by atoms with Gasteiger partial charge in [-0.3, -0.25) is 9.36 Å². The molecule has 2 aromatic carbocycles. The molecule has 138 valence electrons. The second-order valence-corrected chi connectivity index (χ2v) is 5.78. The highest BCUT2D eigenvalue weighted by molar-refractivity contribution is 6.04. The van der Waals surface area contributed by atoms with Gasteiger partial charge in [-0.25, -0.2) is 19.3 Å². The van der Waals surface area contributed by atoms with Crippen LogP contribution in [0, 0.1) is 5.82 Å². The van der Waals surface area contributed by atoms with Crippen LogP contribution < -0.4 is 10.1 Å². The molecule has 2 aromatic heterocycles. The van der Waals surface area contributed by atoms with Gasteiger partial charge in [-0.1, -0.05) is 6.07 Å². The van der Waals surface area contributed by atoms with E-state index in [1.54, 1.807) is 59.7 Å². The highest BCUT2D eigenvalue weighted by Crippen LogP contribution is 2.22. The lowest BCUT2D eigenvalue weighted by atomic mass is 10.2. The van der Waals surface area contributed by atoms with Gasteiger partial charge in [-0.15, -0.1) is 0 Å². The molecule has 0 aliphatic carbocycles. The molecule has 7 nitrogen and oxygen atoms in total. The molecule has 28 heavy (non-hydrogen) atoms. The van der Waals surface area contributed by atoms with Crippen molar-refractivity contribution in [2.75, 3.05) is 5.32 Å². The molecule has 1 amide bonds. The van der Waals surface area contributed by atoms with Gasteiger partial charge < -0.3 is 10.1 Å². The van der Waals surface area contributed by atoms with Crippen molar-refractivity contribution in [2.45, 2.75) is 0 Å². The van der Waals surface area contributed by atoms with Crippen LogP contribution in [0.2, 0.25) is 0 Å². The van der Waals surface area contributed by atoms with E-state index in [1.165, 1.54) is 24.5 Å². The second kappa shape index (κ2) is 7.67. The standard InChI is InChI=1S/C20H14FN5O2/c21-15-3-1-2-14(10-15)20(27)25-16-4-6-17(7-5-16)28-19-11-18(23-12-24-19)26-9-8-22-13-26/h1-13H,(H,25,27). The van der Waals surface area contributed by atoms with Gasteiger partial charge in [0.25, 0.3) is 5.91 Å². The number of ether oxygens (including phenoxy) is 1. The Kier molecular flexibility index (Phi) is 4.75. The van der Waals surface area contributed by atoms with Crippen molar-refractivity contribution in [1.82, 2.24) is 19.5 Å². The summed E-state index contributed by atoms with van der Waals surface area (Å²) in [5.41, 5.74) is 0.803. The molecule has 0 saturated carbocycles. The molecule has 0 spiro atoms. The number of anilines is 1. The Balaban J connectivity index is 1.44. The van der Waals surface area contributed by atoms with E-state index in [2.05, 4.69) is 20.3 Å². The maximum Gasteiger partial charge on any atom is 0.255 e. The van der Waals surface area contributed by atoms with Gasteiger partial charge in [0.2, 0.25) is 5.88 Å². The van der Waals surface area contributed by atoms with Crippen LogP contribution in [-0.2, 0) is 0 Å². The van der Waals surface area contributed by atoms with E-state index < -0.39 is 11.7 Å². The number of benzene rings is 2. The molecule has 0 radical (unpaired) electrons. The first-order valence-electron chi connectivity index (χ1n) is 8.32. The van der Waals surface area contributed by atoms with E-state index in [0.717, 1.165) is 0 Å². The fourth-order valence-electron chi connectivity index (χ4n) is 2.48. The van der Waals surface area contributed by atoms with E-state index in [9.17, 15) is 9.18 Å². The number of hydrogen-bond acceptors (Lipinski definition) is 5. The summed E-state index contributed by atoms with van der Waals surface area (Å²) in [7, 11) is 0. The minimum atomic E-state index is -0.462. The number of aromatic nitrogens is 4. The lowest BCUT2D eigenvalue weighted by Gasteiger charge is -2.08. The summed E-state index contributed by atoms with van der Waals surface area (Å²) in [5, 5.41) is 2.71. The molecular formula is C20H14FN5O2. The second-order valence-electron chi connectivity index (χ2n) is 5.78. The third-order valence-electron chi connectivity index (χ3n) is 3.82. The van der Waals surface area contributed by atoms with Crippen molar-refractivity contribution in [3.05, 3.63) is 91.0 Å². The minimum absolute atomic E-state index is 0.244. The maximum absolute atomic E-state index is 13.2. The zero-order chi connectivity index (χ0) is 19.3. The first-order chi connectivity index (χ1) is 13.7. The van der Waals surface area contributed by atoms with Crippen LogP contribution in [0.25, 0.3) is 5.82 Å². The summed E-state index contributed by atoms with van der Waals surface area (Å²) in [6, 6.07) is 13.9. The summed E-state index contributed by atoms with van der Waals surface area (Å²) in [5.74, 6) is 0.681. The summed E-state index contributed by atoms with van der Waals surface area (Å²) in [6.45, 7) is 0. The summed E-state index contributed by atoms with van der Waals surface area (Å²) < 4.78 is 20.7. The van der Waals surface area contributed by atoms with E-state index >= 15 is 0 Å². The van der Waals surface area contributed by atoms with Crippen LogP contribution in [0.1, 0.15) is 10.4 Å². The normalized spacial score (nSPS) is 10.5. The zero-order valence-corrected chi connectivity index (χ0v) is 14.5. The molecular weight excluding hydrogens is 361 g/mol. The number of halogens is 1. The third-order valence-corrected chi connectivity index (χ3v) is 3.82. The molecule has 0 saturated heterocycles. The highest BCUT2D eigenvalue weighted by atomic mass is 19.1. The molecule has 4 rings (SSSR count). The molecule has 4 aromatic rings. The van der Waals surface area contributed by atoms with Crippen molar-refractivity contribution in [1.29, 1.82) is 0 Å². The number of carbonyl (C=O) groups excluding carboxylic acids is 1. The van der Waals surface area contributed by atoms with E-state index in [4.69, 9.17) is 4.74 Å². The zero-order valence-electron chi connectivity index (χ0n) is 14.5. The number of hydrogen-bond donors (Lipinski definition) is 1. The quantitative estimate of drug-likeness (QED) is 0.573. The fraction of sp³-hybridized carbons (Fsp3) is 0. The molecule has 0 aliphatic heterocycles. The van der Waals surface area contributed by atoms with E-state index in [1.807, 2.05) is 0 Å². The Hall–Kier alpha value is -4.07. The SMILES string of the molecule is O=C(Nc1ccc(Oc2cc(-n3ccnc3)ncn2)cc1)c1cccc(F)c1. The Labute approximate surface area is 159 Å². The third kappa shape index (κ3) is 4.01.